The van der Waals surface area contributed by atoms with Gasteiger partial charge in [-0.05, 0) is 45.1 Å². The Kier molecular flexibility index (Phi) is 3.96. The van der Waals surface area contributed by atoms with Crippen LogP contribution in [0.2, 0.25) is 0 Å². The molecule has 0 unspecified atom stereocenters. The second-order valence-corrected chi connectivity index (χ2v) is 7.64. The van der Waals surface area contributed by atoms with E-state index in [9.17, 15) is 8.42 Å². The third-order valence-corrected chi connectivity index (χ3v) is 5.02. The zero-order valence-corrected chi connectivity index (χ0v) is 13.4. The largest absolute Gasteiger partial charge is 0.339 e. The number of pyridine rings is 1. The number of piperidine rings is 1. The molecule has 7 nitrogen and oxygen atoms in total. The first-order valence-electron chi connectivity index (χ1n) is 7.13. The van der Waals surface area contributed by atoms with E-state index >= 15 is 0 Å². The van der Waals surface area contributed by atoms with E-state index in [1.165, 1.54) is 12.3 Å². The van der Waals surface area contributed by atoms with Crippen LogP contribution < -0.4 is 0 Å². The standard InChI is InChI=1S/C14H18N4O3S/c1-18-8-5-10(6-9-18)14-16-13(17-21-14)12-11(22(2,19)20)4-3-7-15-12/h3-4,7,10H,5-6,8-9H2,1-2H3. The number of hydrogen-bond acceptors (Lipinski definition) is 7. The molecular formula is C14H18N4O3S. The minimum Gasteiger partial charge on any atom is -0.339 e. The summed E-state index contributed by atoms with van der Waals surface area (Å²) >= 11 is 0. The summed E-state index contributed by atoms with van der Waals surface area (Å²) in [6.45, 7) is 1.97. The molecule has 3 heterocycles. The van der Waals surface area contributed by atoms with E-state index in [1.54, 1.807) is 6.07 Å². The lowest BCUT2D eigenvalue weighted by atomic mass is 9.97. The summed E-state index contributed by atoms with van der Waals surface area (Å²) in [5.41, 5.74) is 0.243. The fraction of sp³-hybridized carbons (Fsp3) is 0.500. The van der Waals surface area contributed by atoms with Crippen LogP contribution in [0.4, 0.5) is 0 Å². The maximum Gasteiger partial charge on any atom is 0.230 e. The number of rotatable bonds is 3. The monoisotopic (exact) mass is 322 g/mol. The Morgan fingerprint density at radius 2 is 2.05 bits per heavy atom. The van der Waals surface area contributed by atoms with Gasteiger partial charge < -0.3 is 9.42 Å². The Balaban J connectivity index is 1.92. The molecular weight excluding hydrogens is 304 g/mol. The summed E-state index contributed by atoms with van der Waals surface area (Å²) in [6.07, 6.45) is 4.58. The molecule has 0 N–H and O–H groups in total. The van der Waals surface area contributed by atoms with Crippen molar-refractivity contribution >= 4 is 9.84 Å². The van der Waals surface area contributed by atoms with Gasteiger partial charge in [-0.15, -0.1) is 0 Å². The number of hydrogen-bond donors (Lipinski definition) is 0. The minimum atomic E-state index is -3.40. The molecule has 0 spiro atoms. The fourth-order valence-electron chi connectivity index (χ4n) is 2.61. The van der Waals surface area contributed by atoms with Crippen LogP contribution in [0, 0.1) is 0 Å². The summed E-state index contributed by atoms with van der Waals surface area (Å²) < 4.78 is 29.0. The summed E-state index contributed by atoms with van der Waals surface area (Å²) in [7, 11) is -1.31. The molecule has 3 rings (SSSR count). The van der Waals surface area contributed by atoms with Gasteiger partial charge in [0, 0.05) is 18.4 Å². The molecule has 2 aromatic rings. The zero-order chi connectivity index (χ0) is 15.7. The maximum absolute atomic E-state index is 11.8. The highest BCUT2D eigenvalue weighted by atomic mass is 32.2. The van der Waals surface area contributed by atoms with Crippen LogP contribution in [0.1, 0.15) is 24.7 Å². The molecule has 0 amide bonds. The Labute approximate surface area is 129 Å². The van der Waals surface area contributed by atoms with Crippen molar-refractivity contribution in [3.05, 3.63) is 24.2 Å². The van der Waals surface area contributed by atoms with E-state index in [4.69, 9.17) is 4.52 Å². The van der Waals surface area contributed by atoms with Crippen LogP contribution in [0.25, 0.3) is 11.5 Å². The van der Waals surface area contributed by atoms with Crippen molar-refractivity contribution in [1.29, 1.82) is 0 Å². The normalized spacial score (nSPS) is 17.7. The number of likely N-dealkylation sites (tertiary alicyclic amines) is 1. The Morgan fingerprint density at radius 3 is 2.73 bits per heavy atom. The third kappa shape index (κ3) is 3.02. The first-order valence-corrected chi connectivity index (χ1v) is 9.02. The first-order chi connectivity index (χ1) is 10.4. The van der Waals surface area contributed by atoms with Crippen LogP contribution in [-0.4, -0.2) is 54.8 Å². The molecule has 1 aliphatic rings. The molecule has 22 heavy (non-hydrogen) atoms. The van der Waals surface area contributed by atoms with Gasteiger partial charge in [0.1, 0.15) is 5.69 Å². The topological polar surface area (TPSA) is 89.2 Å². The van der Waals surface area contributed by atoms with Gasteiger partial charge in [0.15, 0.2) is 9.84 Å². The van der Waals surface area contributed by atoms with Crippen molar-refractivity contribution < 1.29 is 12.9 Å². The molecule has 1 aliphatic heterocycles. The molecule has 0 aliphatic carbocycles. The number of nitrogens with zero attached hydrogens (tertiary/aromatic N) is 4. The van der Waals surface area contributed by atoms with Gasteiger partial charge >= 0.3 is 0 Å². The molecule has 1 saturated heterocycles. The number of sulfone groups is 1. The highest BCUT2D eigenvalue weighted by molar-refractivity contribution is 7.90. The van der Waals surface area contributed by atoms with Gasteiger partial charge in [-0.2, -0.15) is 4.98 Å². The number of aromatic nitrogens is 3. The van der Waals surface area contributed by atoms with Crippen LogP contribution in [0.5, 0.6) is 0 Å². The van der Waals surface area contributed by atoms with Crippen molar-refractivity contribution in [3.63, 3.8) is 0 Å². The smallest absolute Gasteiger partial charge is 0.230 e. The van der Waals surface area contributed by atoms with Crippen molar-refractivity contribution in [1.82, 2.24) is 20.0 Å². The van der Waals surface area contributed by atoms with Crippen LogP contribution >= 0.6 is 0 Å². The summed E-state index contributed by atoms with van der Waals surface area (Å²) in [5.74, 6) is 1.02. The third-order valence-electron chi connectivity index (χ3n) is 3.89. The first kappa shape index (κ1) is 15.1. The molecule has 0 bridgehead atoms. The SMILES string of the molecule is CN1CCC(c2nc(-c3ncccc3S(C)(=O)=O)no2)CC1. The van der Waals surface area contributed by atoms with Gasteiger partial charge in [-0.1, -0.05) is 5.16 Å². The molecule has 0 atom stereocenters. The highest BCUT2D eigenvalue weighted by Crippen LogP contribution is 2.29. The maximum atomic E-state index is 11.8. The van der Waals surface area contributed by atoms with Crippen molar-refractivity contribution in [3.8, 4) is 11.5 Å². The van der Waals surface area contributed by atoms with Gasteiger partial charge in [0.25, 0.3) is 0 Å². The Morgan fingerprint density at radius 1 is 1.32 bits per heavy atom. The Hall–Kier alpha value is -1.80. The van der Waals surface area contributed by atoms with Crippen molar-refractivity contribution in [2.45, 2.75) is 23.7 Å². The highest BCUT2D eigenvalue weighted by Gasteiger charge is 2.26. The predicted molar refractivity (Wildman–Crippen MR) is 80.1 cm³/mol. The molecule has 0 radical (unpaired) electrons. The van der Waals surface area contributed by atoms with Crippen molar-refractivity contribution in [2.24, 2.45) is 0 Å². The van der Waals surface area contributed by atoms with Crippen LogP contribution in [0.15, 0.2) is 27.7 Å². The van der Waals surface area contributed by atoms with Crippen LogP contribution in [0.3, 0.4) is 0 Å². The zero-order valence-electron chi connectivity index (χ0n) is 12.6. The van der Waals surface area contributed by atoms with Gasteiger partial charge in [0.2, 0.25) is 11.7 Å². The van der Waals surface area contributed by atoms with E-state index in [1.807, 2.05) is 0 Å². The van der Waals surface area contributed by atoms with Crippen molar-refractivity contribution in [2.75, 3.05) is 26.4 Å². The molecule has 0 aromatic carbocycles. The van der Waals surface area contributed by atoms with Gasteiger partial charge in [0.05, 0.1) is 4.90 Å². The van der Waals surface area contributed by atoms with E-state index < -0.39 is 9.84 Å². The molecule has 8 heteroatoms. The van der Waals surface area contributed by atoms with Crippen LogP contribution in [-0.2, 0) is 9.84 Å². The second kappa shape index (κ2) is 5.77. The van der Waals surface area contributed by atoms with Gasteiger partial charge in [-0.25, -0.2) is 8.42 Å². The average molecular weight is 322 g/mol. The summed E-state index contributed by atoms with van der Waals surface area (Å²) in [5, 5.41) is 3.93. The fourth-order valence-corrected chi connectivity index (χ4v) is 3.43. The van der Waals surface area contributed by atoms with Gasteiger partial charge in [-0.3, -0.25) is 4.98 Å². The predicted octanol–water partition coefficient (Wildman–Crippen LogP) is 1.34. The summed E-state index contributed by atoms with van der Waals surface area (Å²) in [6, 6.07) is 3.08. The lowest BCUT2D eigenvalue weighted by Gasteiger charge is -2.26. The minimum absolute atomic E-state index is 0.116. The Bertz CT molecular complexity index is 764. The van der Waals surface area contributed by atoms with E-state index in [2.05, 4.69) is 27.1 Å². The lowest BCUT2D eigenvalue weighted by Crippen LogP contribution is -2.29. The quantitative estimate of drug-likeness (QED) is 0.842. The summed E-state index contributed by atoms with van der Waals surface area (Å²) in [4.78, 5) is 10.9. The van der Waals surface area contributed by atoms with E-state index in [0.717, 1.165) is 32.2 Å². The average Bonchev–Trinajstić information content (AvgIpc) is 2.97. The second-order valence-electron chi connectivity index (χ2n) is 5.66. The molecule has 118 valence electrons. The molecule has 0 saturated carbocycles. The molecule has 2 aromatic heterocycles. The van der Waals surface area contributed by atoms with E-state index in [-0.39, 0.29) is 22.3 Å². The van der Waals surface area contributed by atoms with E-state index in [0.29, 0.717) is 5.89 Å². The lowest BCUT2D eigenvalue weighted by molar-refractivity contribution is 0.227. The molecule has 1 fully saturated rings.